The lowest BCUT2D eigenvalue weighted by Gasteiger charge is -2.36. The van der Waals surface area contributed by atoms with E-state index in [9.17, 15) is 9.60 Å². The number of nitrogens with zero attached hydrogens (tertiary/aromatic N) is 4. The Balaban J connectivity index is 1.68. The smallest absolute Gasteiger partial charge is 0.223 e. The number of aliphatic imine (C=N–C) groups is 1. The molecule has 0 radical (unpaired) electrons. The first kappa shape index (κ1) is 16.9. The Morgan fingerprint density at radius 2 is 1.88 bits per heavy atom. The Morgan fingerprint density at radius 1 is 1.17 bits per heavy atom. The van der Waals surface area contributed by atoms with Crippen LogP contribution in [0.5, 0.6) is 0 Å². The minimum absolute atomic E-state index is 0.320. The summed E-state index contributed by atoms with van der Waals surface area (Å²) in [4.78, 5) is 12.4. The highest BCUT2D eigenvalue weighted by Crippen LogP contribution is 2.18. The van der Waals surface area contributed by atoms with Gasteiger partial charge in [-0.2, -0.15) is 0 Å². The molecule has 0 spiro atoms. The van der Waals surface area contributed by atoms with E-state index in [0.717, 1.165) is 9.26 Å². The van der Waals surface area contributed by atoms with E-state index in [-0.39, 0.29) is 5.82 Å². The first-order valence-electron chi connectivity index (χ1n) is 7.52. The first-order chi connectivity index (χ1) is 11.7. The second kappa shape index (κ2) is 7.75. The Kier molecular flexibility index (Phi) is 5.46. The Morgan fingerprint density at radius 3 is 2.50 bits per heavy atom. The van der Waals surface area contributed by atoms with Crippen LogP contribution in [0.25, 0.3) is 0 Å². The Bertz CT molecular complexity index is 717. The molecular weight excluding hydrogens is 424 g/mol. The fraction of sp³-hybridized carbons (Fsp3) is 0.250. The molecule has 1 aromatic heterocycles. The van der Waals surface area contributed by atoms with E-state index in [0.29, 0.717) is 38.0 Å². The van der Waals surface area contributed by atoms with Crippen LogP contribution in [0, 0.1) is 9.39 Å². The number of hydrogen-bond donors (Lipinski definition) is 2. The molecule has 1 aliphatic rings. The SMILES string of the molecule is ONC(=Nc1ccc(I)cc1)N1CCN(c2ncccc2F)CC1. The van der Waals surface area contributed by atoms with Crippen molar-refractivity contribution < 1.29 is 9.60 Å². The molecule has 1 saturated heterocycles. The number of piperazine rings is 1. The molecule has 0 unspecified atom stereocenters. The summed E-state index contributed by atoms with van der Waals surface area (Å²) in [6, 6.07) is 10.7. The summed E-state index contributed by atoms with van der Waals surface area (Å²) in [6.07, 6.45) is 1.59. The number of aromatic nitrogens is 1. The van der Waals surface area contributed by atoms with Crippen molar-refractivity contribution in [3.8, 4) is 0 Å². The van der Waals surface area contributed by atoms with Crippen LogP contribution in [0.3, 0.4) is 0 Å². The average Bonchev–Trinajstić information content (AvgIpc) is 2.62. The van der Waals surface area contributed by atoms with Crippen LogP contribution in [-0.4, -0.2) is 47.2 Å². The molecule has 24 heavy (non-hydrogen) atoms. The van der Waals surface area contributed by atoms with Crippen LogP contribution in [0.2, 0.25) is 0 Å². The summed E-state index contributed by atoms with van der Waals surface area (Å²) in [5, 5.41) is 9.41. The summed E-state index contributed by atoms with van der Waals surface area (Å²) in [5.74, 6) is 0.432. The molecule has 8 heteroatoms. The quantitative estimate of drug-likeness (QED) is 0.325. The third-order valence-electron chi connectivity index (χ3n) is 3.78. The van der Waals surface area contributed by atoms with E-state index in [1.54, 1.807) is 12.3 Å². The Hall–Kier alpha value is -1.94. The van der Waals surface area contributed by atoms with Crippen LogP contribution in [0.4, 0.5) is 15.9 Å². The lowest BCUT2D eigenvalue weighted by molar-refractivity contribution is 0.207. The van der Waals surface area contributed by atoms with Gasteiger partial charge >= 0.3 is 0 Å². The van der Waals surface area contributed by atoms with Gasteiger partial charge in [0.15, 0.2) is 11.6 Å². The summed E-state index contributed by atoms with van der Waals surface area (Å²) in [7, 11) is 0. The van der Waals surface area contributed by atoms with E-state index in [1.807, 2.05) is 34.1 Å². The zero-order valence-electron chi connectivity index (χ0n) is 12.9. The van der Waals surface area contributed by atoms with E-state index >= 15 is 0 Å². The van der Waals surface area contributed by atoms with Crippen molar-refractivity contribution in [3.05, 3.63) is 52.0 Å². The van der Waals surface area contributed by atoms with Gasteiger partial charge in [-0.15, -0.1) is 0 Å². The maximum Gasteiger partial charge on any atom is 0.223 e. The fourth-order valence-electron chi connectivity index (χ4n) is 2.54. The van der Waals surface area contributed by atoms with Crippen molar-refractivity contribution in [1.29, 1.82) is 0 Å². The van der Waals surface area contributed by atoms with Gasteiger partial charge in [-0.1, -0.05) is 0 Å². The van der Waals surface area contributed by atoms with Gasteiger partial charge in [0.25, 0.3) is 0 Å². The molecule has 1 fully saturated rings. The zero-order valence-corrected chi connectivity index (χ0v) is 15.0. The third kappa shape index (κ3) is 3.93. The largest absolute Gasteiger partial charge is 0.351 e. The molecule has 126 valence electrons. The van der Waals surface area contributed by atoms with Crippen LogP contribution in [0.1, 0.15) is 0 Å². The van der Waals surface area contributed by atoms with Crippen LogP contribution in [0.15, 0.2) is 47.6 Å². The van der Waals surface area contributed by atoms with E-state index < -0.39 is 0 Å². The van der Waals surface area contributed by atoms with Gasteiger partial charge in [-0.05, 0) is 59.0 Å². The average molecular weight is 441 g/mol. The molecular formula is C16H17FIN5O. The van der Waals surface area contributed by atoms with Gasteiger partial charge in [0, 0.05) is 35.9 Å². The second-order valence-electron chi connectivity index (χ2n) is 5.31. The summed E-state index contributed by atoms with van der Waals surface area (Å²) < 4.78 is 14.9. The number of nitrogens with one attached hydrogen (secondary N) is 1. The Labute approximate surface area is 153 Å². The molecule has 2 N–H and O–H groups in total. The van der Waals surface area contributed by atoms with Crippen LogP contribution < -0.4 is 10.4 Å². The van der Waals surface area contributed by atoms with E-state index in [1.165, 1.54) is 6.07 Å². The third-order valence-corrected chi connectivity index (χ3v) is 4.50. The van der Waals surface area contributed by atoms with Gasteiger partial charge in [-0.25, -0.2) is 19.8 Å². The predicted molar refractivity (Wildman–Crippen MR) is 99.2 cm³/mol. The number of guanidine groups is 1. The highest BCUT2D eigenvalue weighted by Gasteiger charge is 2.22. The lowest BCUT2D eigenvalue weighted by atomic mass is 10.3. The van der Waals surface area contributed by atoms with Crippen LogP contribution >= 0.6 is 22.6 Å². The molecule has 2 heterocycles. The predicted octanol–water partition coefficient (Wildman–Crippen LogP) is 2.61. The zero-order chi connectivity index (χ0) is 16.9. The van der Waals surface area contributed by atoms with Crippen LogP contribution in [-0.2, 0) is 0 Å². The van der Waals surface area contributed by atoms with Gasteiger partial charge in [0.1, 0.15) is 0 Å². The molecule has 0 aliphatic carbocycles. The van der Waals surface area contributed by atoms with Crippen molar-refractivity contribution in [3.63, 3.8) is 0 Å². The molecule has 0 amide bonds. The molecule has 1 aromatic carbocycles. The number of hydroxylamine groups is 1. The van der Waals surface area contributed by atoms with Crippen molar-refractivity contribution in [2.75, 3.05) is 31.1 Å². The standard InChI is InChI=1S/C16H17FIN5O/c17-14-2-1-7-19-15(14)22-8-10-23(11-9-22)16(21-24)20-13-5-3-12(18)4-6-13/h1-7,24H,8-11H2,(H,20,21). The molecule has 3 rings (SSSR count). The summed E-state index contributed by atoms with van der Waals surface area (Å²) >= 11 is 2.23. The van der Waals surface area contributed by atoms with Gasteiger partial charge < -0.3 is 9.80 Å². The summed E-state index contributed by atoms with van der Waals surface area (Å²) in [6.45, 7) is 2.40. The normalized spacial score (nSPS) is 15.5. The number of benzene rings is 1. The number of rotatable bonds is 2. The van der Waals surface area contributed by atoms with Gasteiger partial charge in [-0.3, -0.25) is 5.21 Å². The van der Waals surface area contributed by atoms with Crippen molar-refractivity contribution >= 4 is 40.1 Å². The molecule has 0 atom stereocenters. The second-order valence-corrected chi connectivity index (χ2v) is 6.55. The highest BCUT2D eigenvalue weighted by atomic mass is 127. The van der Waals surface area contributed by atoms with Crippen molar-refractivity contribution in [2.24, 2.45) is 4.99 Å². The first-order valence-corrected chi connectivity index (χ1v) is 8.60. The summed E-state index contributed by atoms with van der Waals surface area (Å²) in [5.41, 5.74) is 2.92. The number of hydrogen-bond acceptors (Lipinski definition) is 4. The number of halogens is 2. The molecule has 0 saturated carbocycles. The maximum atomic E-state index is 13.8. The highest BCUT2D eigenvalue weighted by molar-refractivity contribution is 14.1. The maximum absolute atomic E-state index is 13.8. The number of anilines is 1. The van der Waals surface area contributed by atoms with Gasteiger partial charge in [0.05, 0.1) is 5.69 Å². The van der Waals surface area contributed by atoms with Crippen molar-refractivity contribution in [2.45, 2.75) is 0 Å². The van der Waals surface area contributed by atoms with Gasteiger partial charge in [0.2, 0.25) is 5.96 Å². The molecule has 0 bridgehead atoms. The lowest BCUT2D eigenvalue weighted by Crippen LogP contribution is -2.52. The fourth-order valence-corrected chi connectivity index (χ4v) is 2.90. The van der Waals surface area contributed by atoms with E-state index in [2.05, 4.69) is 38.0 Å². The van der Waals surface area contributed by atoms with Crippen molar-refractivity contribution in [1.82, 2.24) is 15.4 Å². The minimum atomic E-state index is -0.320. The molecule has 2 aromatic rings. The topological polar surface area (TPSA) is 64.0 Å². The minimum Gasteiger partial charge on any atom is -0.351 e. The molecule has 6 nitrogen and oxygen atoms in total. The molecule has 1 aliphatic heterocycles. The van der Waals surface area contributed by atoms with E-state index in [4.69, 9.17) is 0 Å². The number of pyridine rings is 1. The monoisotopic (exact) mass is 441 g/mol.